The molecule has 2 rings (SSSR count). The number of nitrogens with two attached hydrogens (primary N) is 1. The van der Waals surface area contributed by atoms with Crippen molar-refractivity contribution in [1.82, 2.24) is 4.31 Å². The Balaban J connectivity index is 2.08. The molecular weight excluding hydrogens is 256 g/mol. The first-order chi connectivity index (χ1) is 8.54. The maximum Gasteiger partial charge on any atom is 0.217 e. The Bertz CT molecular complexity index is 367. The molecule has 2 saturated heterocycles. The van der Waals surface area contributed by atoms with E-state index in [1.165, 1.54) is 0 Å². The monoisotopic (exact) mass is 278 g/mol. The van der Waals surface area contributed by atoms with Gasteiger partial charge in [0.25, 0.3) is 0 Å². The minimum atomic E-state index is -3.24. The first-order valence-electron chi connectivity index (χ1n) is 6.46. The fraction of sp³-hybridized carbons (Fsp3) is 1.00. The molecule has 2 aliphatic rings. The number of sulfonamides is 1. The van der Waals surface area contributed by atoms with E-state index in [9.17, 15) is 8.42 Å². The van der Waals surface area contributed by atoms with Crippen molar-refractivity contribution in [3.8, 4) is 0 Å². The predicted octanol–water partition coefficient (Wildman–Crippen LogP) is -0.457. The fourth-order valence-corrected chi connectivity index (χ4v) is 4.53. The maximum atomic E-state index is 12.5. The Labute approximate surface area is 108 Å². The molecule has 7 heteroatoms. The topological polar surface area (TPSA) is 81.9 Å². The van der Waals surface area contributed by atoms with Gasteiger partial charge in [-0.2, -0.15) is 4.31 Å². The van der Waals surface area contributed by atoms with Gasteiger partial charge >= 0.3 is 0 Å². The third-order valence-corrected chi connectivity index (χ3v) is 5.84. The summed E-state index contributed by atoms with van der Waals surface area (Å²) in [5.74, 6) is 0. The lowest BCUT2D eigenvalue weighted by Gasteiger charge is -2.38. The highest BCUT2D eigenvalue weighted by Gasteiger charge is 2.37. The zero-order chi connectivity index (χ0) is 13.2. The molecule has 2 aliphatic heterocycles. The van der Waals surface area contributed by atoms with E-state index in [0.717, 1.165) is 0 Å². The van der Waals surface area contributed by atoms with Crippen molar-refractivity contribution in [2.45, 2.75) is 37.2 Å². The van der Waals surface area contributed by atoms with Crippen molar-refractivity contribution < 1.29 is 17.9 Å². The van der Waals surface area contributed by atoms with Crippen LogP contribution in [0.25, 0.3) is 0 Å². The summed E-state index contributed by atoms with van der Waals surface area (Å²) in [5, 5.41) is -0.310. The molecule has 0 saturated carbocycles. The van der Waals surface area contributed by atoms with Crippen molar-refractivity contribution in [1.29, 1.82) is 0 Å². The van der Waals surface area contributed by atoms with Gasteiger partial charge in [0, 0.05) is 32.8 Å². The van der Waals surface area contributed by atoms with Crippen LogP contribution in [-0.4, -0.2) is 63.0 Å². The summed E-state index contributed by atoms with van der Waals surface area (Å²) in [7, 11) is -3.24. The predicted molar refractivity (Wildman–Crippen MR) is 67.7 cm³/mol. The van der Waals surface area contributed by atoms with Crippen LogP contribution in [0, 0.1) is 0 Å². The summed E-state index contributed by atoms with van der Waals surface area (Å²) in [5.41, 5.74) is 5.58. The number of nitrogens with zero attached hydrogens (tertiary/aromatic N) is 1. The summed E-state index contributed by atoms with van der Waals surface area (Å²) in [4.78, 5) is 0. The number of hydrogen-bond acceptors (Lipinski definition) is 5. The van der Waals surface area contributed by atoms with Crippen LogP contribution in [0.5, 0.6) is 0 Å². The van der Waals surface area contributed by atoms with Crippen LogP contribution in [0.3, 0.4) is 0 Å². The second-order valence-electron chi connectivity index (χ2n) is 4.98. The van der Waals surface area contributed by atoms with E-state index in [-0.39, 0.29) is 17.5 Å². The zero-order valence-corrected chi connectivity index (χ0v) is 11.6. The molecule has 2 N–H and O–H groups in total. The van der Waals surface area contributed by atoms with Gasteiger partial charge < -0.3 is 15.2 Å². The maximum absolute atomic E-state index is 12.5. The van der Waals surface area contributed by atoms with Crippen LogP contribution in [-0.2, 0) is 19.5 Å². The molecule has 2 atom stereocenters. The van der Waals surface area contributed by atoms with Crippen molar-refractivity contribution in [2.75, 3.05) is 32.8 Å². The third-order valence-electron chi connectivity index (χ3n) is 3.51. The summed E-state index contributed by atoms with van der Waals surface area (Å²) in [6.07, 6.45) is 0.883. The quantitative estimate of drug-likeness (QED) is 0.755. The Kier molecular flexibility index (Phi) is 4.60. The molecule has 0 aromatic heterocycles. The van der Waals surface area contributed by atoms with Gasteiger partial charge in [-0.3, -0.25) is 0 Å². The number of hydrogen-bond donors (Lipinski definition) is 1. The molecule has 0 radical (unpaired) electrons. The number of morpholine rings is 1. The molecule has 2 fully saturated rings. The van der Waals surface area contributed by atoms with Gasteiger partial charge in [0.1, 0.15) is 0 Å². The smallest absolute Gasteiger partial charge is 0.217 e. The average molecular weight is 278 g/mol. The Morgan fingerprint density at radius 2 is 1.94 bits per heavy atom. The molecule has 0 aliphatic carbocycles. The molecule has 2 unspecified atom stereocenters. The molecular formula is C11H22N2O4S. The van der Waals surface area contributed by atoms with Crippen LogP contribution < -0.4 is 5.73 Å². The van der Waals surface area contributed by atoms with E-state index < -0.39 is 10.0 Å². The van der Waals surface area contributed by atoms with Gasteiger partial charge in [-0.15, -0.1) is 0 Å². The summed E-state index contributed by atoms with van der Waals surface area (Å²) >= 11 is 0. The van der Waals surface area contributed by atoms with Crippen molar-refractivity contribution in [3.05, 3.63) is 0 Å². The lowest BCUT2D eigenvalue weighted by Crippen LogP contribution is -2.54. The highest BCUT2D eigenvalue weighted by Crippen LogP contribution is 2.23. The lowest BCUT2D eigenvalue weighted by atomic mass is 10.2. The molecule has 6 nitrogen and oxygen atoms in total. The molecule has 106 valence electrons. The zero-order valence-electron chi connectivity index (χ0n) is 10.7. The van der Waals surface area contributed by atoms with Crippen molar-refractivity contribution in [2.24, 2.45) is 5.73 Å². The SMILES string of the molecule is CC1CN(S(=O)(=O)C2CCOCC2)CC(CN)O1. The fourth-order valence-electron chi connectivity index (χ4n) is 2.53. The van der Waals surface area contributed by atoms with Gasteiger partial charge in [-0.25, -0.2) is 8.42 Å². The highest BCUT2D eigenvalue weighted by molar-refractivity contribution is 7.89. The van der Waals surface area contributed by atoms with Gasteiger partial charge in [0.15, 0.2) is 0 Å². The molecule has 0 amide bonds. The van der Waals surface area contributed by atoms with E-state index >= 15 is 0 Å². The van der Waals surface area contributed by atoms with Gasteiger partial charge in [0.05, 0.1) is 17.5 Å². The van der Waals surface area contributed by atoms with Crippen molar-refractivity contribution >= 4 is 10.0 Å². The highest BCUT2D eigenvalue weighted by atomic mass is 32.2. The third kappa shape index (κ3) is 3.03. The number of ether oxygens (including phenoxy) is 2. The minimum Gasteiger partial charge on any atom is -0.381 e. The molecule has 0 spiro atoms. The second-order valence-corrected chi connectivity index (χ2v) is 7.19. The van der Waals surface area contributed by atoms with Crippen LogP contribution >= 0.6 is 0 Å². The first kappa shape index (κ1) is 14.2. The Hall–Kier alpha value is -0.210. The van der Waals surface area contributed by atoms with E-state index in [1.54, 1.807) is 4.31 Å². The van der Waals surface area contributed by atoms with Gasteiger partial charge in [-0.1, -0.05) is 0 Å². The van der Waals surface area contributed by atoms with Crippen LogP contribution in [0.1, 0.15) is 19.8 Å². The second kappa shape index (κ2) is 5.83. The molecule has 18 heavy (non-hydrogen) atoms. The summed E-state index contributed by atoms with van der Waals surface area (Å²) in [6.45, 7) is 4.10. The normalized spacial score (nSPS) is 32.6. The van der Waals surface area contributed by atoms with E-state index in [4.69, 9.17) is 15.2 Å². The molecule has 0 aromatic rings. The van der Waals surface area contributed by atoms with Crippen molar-refractivity contribution in [3.63, 3.8) is 0 Å². The minimum absolute atomic E-state index is 0.0954. The van der Waals surface area contributed by atoms with E-state index in [1.807, 2.05) is 6.92 Å². The number of rotatable bonds is 3. The Morgan fingerprint density at radius 3 is 2.56 bits per heavy atom. The van der Waals surface area contributed by atoms with Crippen LogP contribution in [0.2, 0.25) is 0 Å². The molecule has 0 aromatic carbocycles. The van der Waals surface area contributed by atoms with E-state index in [2.05, 4.69) is 0 Å². The standard InChI is InChI=1S/C11H22N2O4S/c1-9-7-13(8-10(6-12)17-9)18(14,15)11-2-4-16-5-3-11/h9-11H,2-8,12H2,1H3. The van der Waals surface area contributed by atoms with Crippen LogP contribution in [0.15, 0.2) is 0 Å². The summed E-state index contributed by atoms with van der Waals surface area (Å²) < 4.78 is 37.4. The first-order valence-corrected chi connectivity index (χ1v) is 7.96. The Morgan fingerprint density at radius 1 is 1.28 bits per heavy atom. The average Bonchev–Trinajstić information content (AvgIpc) is 2.39. The largest absolute Gasteiger partial charge is 0.381 e. The molecule has 0 bridgehead atoms. The lowest BCUT2D eigenvalue weighted by molar-refractivity contribution is -0.0491. The molecule has 2 heterocycles. The van der Waals surface area contributed by atoms with Gasteiger partial charge in [-0.05, 0) is 19.8 Å². The van der Waals surface area contributed by atoms with E-state index in [0.29, 0.717) is 45.7 Å². The van der Waals surface area contributed by atoms with Gasteiger partial charge in [0.2, 0.25) is 10.0 Å². The van der Waals surface area contributed by atoms with Crippen LogP contribution in [0.4, 0.5) is 0 Å². The summed E-state index contributed by atoms with van der Waals surface area (Å²) in [6, 6.07) is 0.